The van der Waals surface area contributed by atoms with Crippen LogP contribution in [0.4, 0.5) is 0 Å². The molecular weight excluding hydrogens is 184 g/mol. The number of carbonyl (C=O) groups excluding carboxylic acids is 1. The monoisotopic (exact) mass is 196 g/mol. The van der Waals surface area contributed by atoms with E-state index in [1.54, 1.807) is 18.1 Å². The third-order valence-electron chi connectivity index (χ3n) is 2.27. The average Bonchev–Trinajstić information content (AvgIpc) is 2.73. The maximum Gasteiger partial charge on any atom is 0.276 e. The fourth-order valence-corrected chi connectivity index (χ4v) is 1.53. The summed E-state index contributed by atoms with van der Waals surface area (Å²) in [4.78, 5) is 13.3. The van der Waals surface area contributed by atoms with E-state index in [-0.39, 0.29) is 5.91 Å². The van der Waals surface area contributed by atoms with Crippen molar-refractivity contribution in [1.29, 1.82) is 0 Å². The van der Waals surface area contributed by atoms with Crippen molar-refractivity contribution >= 4 is 5.91 Å². The van der Waals surface area contributed by atoms with Gasteiger partial charge in [-0.25, -0.2) is 0 Å². The van der Waals surface area contributed by atoms with Crippen molar-refractivity contribution in [3.05, 3.63) is 11.9 Å². The van der Waals surface area contributed by atoms with Crippen LogP contribution in [0.1, 0.15) is 16.9 Å². The van der Waals surface area contributed by atoms with E-state index in [9.17, 15) is 9.90 Å². The van der Waals surface area contributed by atoms with Crippen LogP contribution in [0.15, 0.2) is 6.20 Å². The fraction of sp³-hybridized carbons (Fsp3) is 0.625. The zero-order chi connectivity index (χ0) is 10.1. The normalized spacial score (nSPS) is 21.6. The molecule has 6 heteroatoms. The molecule has 0 spiro atoms. The number of carbonyl (C=O) groups is 1. The van der Waals surface area contributed by atoms with Crippen molar-refractivity contribution in [2.75, 3.05) is 13.1 Å². The van der Waals surface area contributed by atoms with Gasteiger partial charge in [0, 0.05) is 20.1 Å². The summed E-state index contributed by atoms with van der Waals surface area (Å²) in [7, 11) is 1.71. The minimum Gasteiger partial charge on any atom is -0.391 e. The molecule has 0 aromatic carbocycles. The zero-order valence-corrected chi connectivity index (χ0v) is 7.92. The Hall–Kier alpha value is -1.43. The highest BCUT2D eigenvalue weighted by atomic mass is 16.3. The maximum atomic E-state index is 11.7. The Morgan fingerprint density at radius 3 is 3.00 bits per heavy atom. The highest BCUT2D eigenvalue weighted by molar-refractivity contribution is 5.92. The summed E-state index contributed by atoms with van der Waals surface area (Å²) in [5.41, 5.74) is 0.335. The first-order chi connectivity index (χ1) is 6.66. The summed E-state index contributed by atoms with van der Waals surface area (Å²) < 4.78 is 1.49. The first-order valence-corrected chi connectivity index (χ1v) is 4.50. The lowest BCUT2D eigenvalue weighted by molar-refractivity contribution is 0.0759. The van der Waals surface area contributed by atoms with Crippen LogP contribution < -0.4 is 0 Å². The van der Waals surface area contributed by atoms with E-state index in [0.717, 1.165) is 0 Å². The van der Waals surface area contributed by atoms with E-state index in [1.165, 1.54) is 4.68 Å². The molecule has 76 valence electrons. The van der Waals surface area contributed by atoms with Gasteiger partial charge in [0.1, 0.15) is 0 Å². The second-order valence-electron chi connectivity index (χ2n) is 3.47. The van der Waals surface area contributed by atoms with E-state index >= 15 is 0 Å². The lowest BCUT2D eigenvalue weighted by Crippen LogP contribution is -2.29. The highest BCUT2D eigenvalue weighted by Crippen LogP contribution is 2.11. The Bertz CT molecular complexity index is 349. The van der Waals surface area contributed by atoms with E-state index in [4.69, 9.17) is 0 Å². The van der Waals surface area contributed by atoms with Gasteiger partial charge < -0.3 is 10.0 Å². The number of β-amino-alcohol motifs (C(OH)–C–C–N with tert-alkyl or cyclic N) is 1. The minimum atomic E-state index is -0.393. The summed E-state index contributed by atoms with van der Waals surface area (Å²) >= 11 is 0. The first-order valence-electron chi connectivity index (χ1n) is 4.50. The van der Waals surface area contributed by atoms with Crippen molar-refractivity contribution in [1.82, 2.24) is 19.9 Å². The molecule has 0 saturated carbocycles. The van der Waals surface area contributed by atoms with E-state index in [1.807, 2.05) is 0 Å². The zero-order valence-electron chi connectivity index (χ0n) is 7.92. The van der Waals surface area contributed by atoms with Gasteiger partial charge in [0.25, 0.3) is 5.91 Å². The van der Waals surface area contributed by atoms with Crippen LogP contribution >= 0.6 is 0 Å². The molecule has 14 heavy (non-hydrogen) atoms. The van der Waals surface area contributed by atoms with Crippen molar-refractivity contribution in [3.8, 4) is 0 Å². The minimum absolute atomic E-state index is 0.158. The molecule has 1 aromatic heterocycles. The summed E-state index contributed by atoms with van der Waals surface area (Å²) in [6.07, 6.45) is 1.83. The van der Waals surface area contributed by atoms with Crippen molar-refractivity contribution < 1.29 is 9.90 Å². The lowest BCUT2D eigenvalue weighted by Gasteiger charge is -2.12. The summed E-state index contributed by atoms with van der Waals surface area (Å²) in [6, 6.07) is 0. The number of aliphatic hydroxyl groups excluding tert-OH is 1. The molecule has 0 radical (unpaired) electrons. The number of aliphatic hydroxyl groups is 1. The highest BCUT2D eigenvalue weighted by Gasteiger charge is 2.26. The van der Waals surface area contributed by atoms with Crippen LogP contribution in [-0.2, 0) is 7.05 Å². The van der Waals surface area contributed by atoms with Crippen molar-refractivity contribution in [2.24, 2.45) is 7.05 Å². The molecule has 1 saturated heterocycles. The van der Waals surface area contributed by atoms with Gasteiger partial charge in [-0.05, 0) is 6.42 Å². The predicted molar refractivity (Wildman–Crippen MR) is 47.5 cm³/mol. The number of nitrogens with zero attached hydrogens (tertiary/aromatic N) is 4. The van der Waals surface area contributed by atoms with Crippen LogP contribution in [0.5, 0.6) is 0 Å². The number of likely N-dealkylation sites (tertiary alicyclic amines) is 1. The largest absolute Gasteiger partial charge is 0.391 e. The Morgan fingerprint density at radius 2 is 2.50 bits per heavy atom. The summed E-state index contributed by atoms with van der Waals surface area (Å²) in [6.45, 7) is 0.992. The third-order valence-corrected chi connectivity index (χ3v) is 2.27. The molecule has 0 aliphatic carbocycles. The topological polar surface area (TPSA) is 71.2 Å². The van der Waals surface area contributed by atoms with Gasteiger partial charge in [-0.3, -0.25) is 9.48 Å². The van der Waals surface area contributed by atoms with Gasteiger partial charge in [0.15, 0.2) is 5.69 Å². The number of aromatic nitrogens is 3. The second-order valence-corrected chi connectivity index (χ2v) is 3.47. The van der Waals surface area contributed by atoms with E-state index in [2.05, 4.69) is 10.3 Å². The van der Waals surface area contributed by atoms with Gasteiger partial charge >= 0.3 is 0 Å². The van der Waals surface area contributed by atoms with Gasteiger partial charge in [0.05, 0.1) is 12.3 Å². The molecule has 1 atom stereocenters. The molecular formula is C8H12N4O2. The quantitative estimate of drug-likeness (QED) is 0.626. The molecule has 2 heterocycles. The molecule has 1 N–H and O–H groups in total. The smallest absolute Gasteiger partial charge is 0.276 e. The molecule has 1 aliphatic heterocycles. The van der Waals surface area contributed by atoms with Crippen molar-refractivity contribution in [2.45, 2.75) is 12.5 Å². The molecule has 0 bridgehead atoms. The maximum absolute atomic E-state index is 11.7. The molecule has 2 rings (SSSR count). The summed E-state index contributed by atoms with van der Waals surface area (Å²) in [5.74, 6) is -0.158. The number of amides is 1. The predicted octanol–water partition coefficient (Wildman–Crippen LogP) is -0.978. The number of rotatable bonds is 1. The molecule has 1 aromatic rings. The van der Waals surface area contributed by atoms with E-state index < -0.39 is 6.10 Å². The third kappa shape index (κ3) is 1.60. The fourth-order valence-electron chi connectivity index (χ4n) is 1.53. The van der Waals surface area contributed by atoms with Crippen LogP contribution in [0.25, 0.3) is 0 Å². The van der Waals surface area contributed by atoms with Gasteiger partial charge in [-0.15, -0.1) is 5.10 Å². The lowest BCUT2D eigenvalue weighted by atomic mass is 10.3. The number of aryl methyl sites for hydroxylation is 1. The molecule has 1 aliphatic rings. The molecule has 1 fully saturated rings. The average molecular weight is 196 g/mol. The Labute approximate surface area is 81.1 Å². The van der Waals surface area contributed by atoms with Gasteiger partial charge in [-0.2, -0.15) is 0 Å². The van der Waals surface area contributed by atoms with E-state index in [0.29, 0.717) is 25.2 Å². The second kappa shape index (κ2) is 3.38. The molecule has 0 unspecified atom stereocenters. The van der Waals surface area contributed by atoms with Crippen LogP contribution in [0.2, 0.25) is 0 Å². The van der Waals surface area contributed by atoms with Crippen LogP contribution in [0.3, 0.4) is 0 Å². The summed E-state index contributed by atoms with van der Waals surface area (Å²) in [5, 5.41) is 16.7. The van der Waals surface area contributed by atoms with Crippen molar-refractivity contribution in [3.63, 3.8) is 0 Å². The Kier molecular flexibility index (Phi) is 2.20. The number of hydrogen-bond donors (Lipinski definition) is 1. The molecule has 6 nitrogen and oxygen atoms in total. The van der Waals surface area contributed by atoms with Gasteiger partial charge in [-0.1, -0.05) is 5.21 Å². The molecule has 1 amide bonds. The Morgan fingerprint density at radius 1 is 1.71 bits per heavy atom. The van der Waals surface area contributed by atoms with Crippen LogP contribution in [0, 0.1) is 0 Å². The number of hydrogen-bond acceptors (Lipinski definition) is 4. The van der Waals surface area contributed by atoms with Gasteiger partial charge in [0.2, 0.25) is 0 Å². The SMILES string of the molecule is Cn1cc(C(=O)N2CC[C@@H](O)C2)nn1. The van der Waals surface area contributed by atoms with Crippen LogP contribution in [-0.4, -0.2) is 50.1 Å². The Balaban J connectivity index is 2.09. The standard InChI is InChI=1S/C8H12N4O2/c1-11-5-7(9-10-11)8(14)12-3-2-6(13)4-12/h5-6,13H,2-4H2,1H3/t6-/m1/s1. The first kappa shape index (κ1) is 9.14.